The number of hydrogen-bond acceptors (Lipinski definition) is 6. The molecule has 0 N–H and O–H groups in total. The van der Waals surface area contributed by atoms with Crippen molar-refractivity contribution in [1.29, 1.82) is 0 Å². The summed E-state index contributed by atoms with van der Waals surface area (Å²) in [6.07, 6.45) is 2.07. The van der Waals surface area contributed by atoms with Gasteiger partial charge in [-0.1, -0.05) is 12.1 Å². The minimum atomic E-state index is -0.382. The third-order valence-corrected chi connectivity index (χ3v) is 3.94. The summed E-state index contributed by atoms with van der Waals surface area (Å²) in [4.78, 5) is 11.1. The highest BCUT2D eigenvalue weighted by Crippen LogP contribution is 2.36. The molecule has 0 atom stereocenters. The maximum absolute atomic E-state index is 11.1. The summed E-state index contributed by atoms with van der Waals surface area (Å²) in [6, 6.07) is 10.7. The first-order valence-electron chi connectivity index (χ1n) is 8.23. The van der Waals surface area contributed by atoms with Crippen molar-refractivity contribution in [1.82, 2.24) is 0 Å². The van der Waals surface area contributed by atoms with E-state index in [-0.39, 0.29) is 5.97 Å². The van der Waals surface area contributed by atoms with E-state index in [1.54, 1.807) is 38.5 Å². The zero-order chi connectivity index (χ0) is 18.9. The normalized spacial score (nSPS) is 11.8. The van der Waals surface area contributed by atoms with Gasteiger partial charge in [0, 0.05) is 17.7 Å². The first-order valence-corrected chi connectivity index (χ1v) is 8.23. The van der Waals surface area contributed by atoms with Gasteiger partial charge in [0.05, 0.1) is 35.0 Å². The van der Waals surface area contributed by atoms with Gasteiger partial charge in [0.1, 0.15) is 28.6 Å². The van der Waals surface area contributed by atoms with E-state index in [0.717, 1.165) is 42.3 Å². The average molecular weight is 360 g/mol. The van der Waals surface area contributed by atoms with E-state index in [1.165, 1.54) is 14.2 Å². The summed E-state index contributed by atoms with van der Waals surface area (Å²) in [5, 5.41) is 0. The molecule has 0 radical (unpaired) electrons. The Labute approximate surface area is 153 Å². The zero-order valence-corrected chi connectivity index (χ0v) is 15.5. The summed E-state index contributed by atoms with van der Waals surface area (Å²) in [5.74, 6) is 2.69. The lowest BCUT2D eigenvalue weighted by molar-refractivity contribution is 0.0597. The van der Waals surface area contributed by atoms with Crippen LogP contribution in [-0.4, -0.2) is 41.0 Å². The van der Waals surface area contributed by atoms with E-state index in [9.17, 15) is 4.79 Å². The van der Waals surface area contributed by atoms with E-state index < -0.39 is 0 Å². The van der Waals surface area contributed by atoms with Crippen LogP contribution in [-0.2, 0) is 11.2 Å². The van der Waals surface area contributed by atoms with E-state index in [2.05, 4.69) is 4.74 Å². The maximum Gasteiger partial charge on any atom is 0.341 e. The SMILES string of the molecule is COC(=O)c1ccccc1OC.COc1cc(OC)c2c(c1)OCCC2. The summed E-state index contributed by atoms with van der Waals surface area (Å²) >= 11 is 0. The van der Waals surface area contributed by atoms with Crippen molar-refractivity contribution in [2.45, 2.75) is 12.8 Å². The van der Waals surface area contributed by atoms with Gasteiger partial charge in [-0.2, -0.15) is 0 Å². The van der Waals surface area contributed by atoms with Crippen LogP contribution in [0.2, 0.25) is 0 Å². The Bertz CT molecular complexity index is 724. The molecule has 2 aromatic carbocycles. The fourth-order valence-electron chi connectivity index (χ4n) is 2.63. The van der Waals surface area contributed by atoms with Crippen molar-refractivity contribution >= 4 is 5.97 Å². The second kappa shape index (κ2) is 9.56. The van der Waals surface area contributed by atoms with Gasteiger partial charge in [0.25, 0.3) is 0 Å². The molecular formula is C20H24O6. The van der Waals surface area contributed by atoms with E-state index >= 15 is 0 Å². The average Bonchev–Trinajstić information content (AvgIpc) is 2.72. The van der Waals surface area contributed by atoms with Crippen LogP contribution in [0.5, 0.6) is 23.0 Å². The molecule has 2 aromatic rings. The molecule has 0 aliphatic carbocycles. The molecule has 1 heterocycles. The summed E-state index contributed by atoms with van der Waals surface area (Å²) in [6.45, 7) is 0.781. The Balaban J connectivity index is 0.000000190. The predicted octanol–water partition coefficient (Wildman–Crippen LogP) is 3.51. The molecule has 0 aromatic heterocycles. The molecule has 0 fully saturated rings. The van der Waals surface area contributed by atoms with Crippen molar-refractivity contribution in [2.75, 3.05) is 35.0 Å². The molecule has 140 valence electrons. The van der Waals surface area contributed by atoms with Crippen LogP contribution >= 0.6 is 0 Å². The molecular weight excluding hydrogens is 336 g/mol. The summed E-state index contributed by atoms with van der Waals surface area (Å²) < 4.78 is 25.5. The van der Waals surface area contributed by atoms with Crippen LogP contribution in [0.1, 0.15) is 22.3 Å². The monoisotopic (exact) mass is 360 g/mol. The van der Waals surface area contributed by atoms with Crippen molar-refractivity contribution in [3.8, 4) is 23.0 Å². The van der Waals surface area contributed by atoms with Gasteiger partial charge in [-0.3, -0.25) is 0 Å². The van der Waals surface area contributed by atoms with Crippen molar-refractivity contribution in [3.05, 3.63) is 47.5 Å². The van der Waals surface area contributed by atoms with Gasteiger partial charge >= 0.3 is 5.97 Å². The van der Waals surface area contributed by atoms with Crippen LogP contribution in [0.4, 0.5) is 0 Å². The van der Waals surface area contributed by atoms with Crippen molar-refractivity contribution in [2.24, 2.45) is 0 Å². The number of ether oxygens (including phenoxy) is 5. The fraction of sp³-hybridized carbons (Fsp3) is 0.350. The minimum Gasteiger partial charge on any atom is -0.496 e. The Morgan fingerprint density at radius 3 is 2.35 bits per heavy atom. The molecule has 0 unspecified atom stereocenters. The third kappa shape index (κ3) is 4.59. The van der Waals surface area contributed by atoms with Crippen molar-refractivity contribution in [3.63, 3.8) is 0 Å². The van der Waals surface area contributed by atoms with Crippen LogP contribution in [0.3, 0.4) is 0 Å². The molecule has 6 nitrogen and oxygen atoms in total. The van der Waals surface area contributed by atoms with Gasteiger partial charge in [-0.25, -0.2) is 4.79 Å². The second-order valence-corrected chi connectivity index (χ2v) is 5.45. The molecule has 1 aliphatic rings. The quantitative estimate of drug-likeness (QED) is 0.778. The van der Waals surface area contributed by atoms with Gasteiger partial charge in [0.2, 0.25) is 0 Å². The Hall–Kier alpha value is -2.89. The number of carbonyl (C=O) groups excluding carboxylic acids is 1. The van der Waals surface area contributed by atoms with E-state index in [0.29, 0.717) is 11.3 Å². The van der Waals surface area contributed by atoms with E-state index in [1.807, 2.05) is 12.1 Å². The predicted molar refractivity (Wildman–Crippen MR) is 97.7 cm³/mol. The van der Waals surface area contributed by atoms with Gasteiger partial charge in [-0.15, -0.1) is 0 Å². The molecule has 0 spiro atoms. The third-order valence-electron chi connectivity index (χ3n) is 3.94. The Kier molecular flexibility index (Phi) is 7.14. The molecule has 26 heavy (non-hydrogen) atoms. The number of hydrogen-bond donors (Lipinski definition) is 0. The summed E-state index contributed by atoms with van der Waals surface area (Å²) in [7, 11) is 6.17. The van der Waals surface area contributed by atoms with Crippen LogP contribution in [0, 0.1) is 0 Å². The first kappa shape index (κ1) is 19.4. The molecule has 0 saturated heterocycles. The highest BCUT2D eigenvalue weighted by molar-refractivity contribution is 5.92. The first-order chi connectivity index (χ1) is 12.6. The number of para-hydroxylation sites is 1. The zero-order valence-electron chi connectivity index (χ0n) is 15.5. The maximum atomic E-state index is 11.1. The number of fused-ring (bicyclic) bond motifs is 1. The standard InChI is InChI=1S/C11H14O3.C9H10O3/c1-12-8-6-10(13-2)9-4-3-5-14-11(9)7-8;1-11-8-6-4-3-5-7(8)9(10)12-2/h6-7H,3-5H2,1-2H3;3-6H,1-2H3. The highest BCUT2D eigenvalue weighted by atomic mass is 16.5. The van der Waals surface area contributed by atoms with Crippen LogP contribution in [0.15, 0.2) is 36.4 Å². The lowest BCUT2D eigenvalue weighted by atomic mass is 10.0. The number of carbonyl (C=O) groups is 1. The lowest BCUT2D eigenvalue weighted by Gasteiger charge is -2.20. The molecule has 0 amide bonds. The van der Waals surface area contributed by atoms with Crippen molar-refractivity contribution < 1.29 is 28.5 Å². The molecule has 3 rings (SSSR count). The van der Waals surface area contributed by atoms with Crippen LogP contribution < -0.4 is 18.9 Å². The van der Waals surface area contributed by atoms with Crippen LogP contribution in [0.25, 0.3) is 0 Å². The Morgan fingerprint density at radius 1 is 0.962 bits per heavy atom. The second-order valence-electron chi connectivity index (χ2n) is 5.45. The van der Waals surface area contributed by atoms with E-state index in [4.69, 9.17) is 18.9 Å². The fourth-order valence-corrected chi connectivity index (χ4v) is 2.63. The Morgan fingerprint density at radius 2 is 1.69 bits per heavy atom. The highest BCUT2D eigenvalue weighted by Gasteiger charge is 2.16. The number of methoxy groups -OCH3 is 4. The number of esters is 1. The molecule has 6 heteroatoms. The van der Waals surface area contributed by atoms with Gasteiger partial charge in [-0.05, 0) is 25.0 Å². The lowest BCUT2D eigenvalue weighted by Crippen LogP contribution is -2.09. The smallest absolute Gasteiger partial charge is 0.341 e. The number of benzene rings is 2. The number of rotatable bonds is 4. The largest absolute Gasteiger partial charge is 0.496 e. The minimum absolute atomic E-state index is 0.382. The molecule has 1 aliphatic heterocycles. The molecule has 0 saturated carbocycles. The summed E-state index contributed by atoms with van der Waals surface area (Å²) in [5.41, 5.74) is 1.60. The topological polar surface area (TPSA) is 63.2 Å². The molecule has 0 bridgehead atoms. The van der Waals surface area contributed by atoms with Gasteiger partial charge < -0.3 is 23.7 Å². The van der Waals surface area contributed by atoms with Gasteiger partial charge in [0.15, 0.2) is 0 Å².